The van der Waals surface area contributed by atoms with Crippen molar-refractivity contribution >= 4 is 17.5 Å². The zero-order valence-corrected chi connectivity index (χ0v) is 14.4. The van der Waals surface area contributed by atoms with Crippen molar-refractivity contribution in [1.29, 1.82) is 0 Å². The number of nitrogens with one attached hydrogen (secondary N) is 1. The van der Waals surface area contributed by atoms with Gasteiger partial charge in [-0.05, 0) is 19.1 Å². The fourth-order valence-electron chi connectivity index (χ4n) is 2.59. The number of thioether (sulfide) groups is 1. The van der Waals surface area contributed by atoms with Gasteiger partial charge in [0.2, 0.25) is 5.16 Å². The molecular weight excluding hydrogens is 361 g/mol. The van der Waals surface area contributed by atoms with Gasteiger partial charge in [0.15, 0.2) is 5.82 Å². The van der Waals surface area contributed by atoms with E-state index in [1.807, 2.05) is 31.2 Å². The van der Waals surface area contributed by atoms with Crippen molar-refractivity contribution in [2.24, 2.45) is 0 Å². The van der Waals surface area contributed by atoms with Crippen molar-refractivity contribution in [1.82, 2.24) is 14.9 Å². The molecule has 0 unspecified atom stereocenters. The summed E-state index contributed by atoms with van der Waals surface area (Å²) in [6, 6.07) is 13.0. The number of fused-ring (bicyclic) bond motifs is 1. The molecule has 0 amide bonds. The summed E-state index contributed by atoms with van der Waals surface area (Å²) in [6.07, 6.45) is -4.38. The van der Waals surface area contributed by atoms with Gasteiger partial charge in [0.05, 0.1) is 11.3 Å². The summed E-state index contributed by atoms with van der Waals surface area (Å²) < 4.78 is 40.6. The lowest BCUT2D eigenvalue weighted by atomic mass is 10.1. The van der Waals surface area contributed by atoms with E-state index in [1.165, 1.54) is 17.8 Å². The lowest BCUT2D eigenvalue weighted by Crippen LogP contribution is -2.18. The molecule has 0 fully saturated rings. The number of alkyl halides is 3. The molecular formula is C18H13F3N4S. The monoisotopic (exact) mass is 374 g/mol. The lowest BCUT2D eigenvalue weighted by Gasteiger charge is -2.20. The van der Waals surface area contributed by atoms with Crippen molar-refractivity contribution in [2.75, 3.05) is 5.43 Å². The first kappa shape index (κ1) is 16.7. The molecule has 1 aromatic heterocycles. The first-order valence-electron chi connectivity index (χ1n) is 7.76. The van der Waals surface area contributed by atoms with Crippen molar-refractivity contribution in [2.45, 2.75) is 18.3 Å². The average Bonchev–Trinajstić information content (AvgIpc) is 3.05. The van der Waals surface area contributed by atoms with Crippen LogP contribution in [0, 0.1) is 6.92 Å². The Labute approximate surface area is 151 Å². The Morgan fingerprint density at radius 1 is 1.00 bits per heavy atom. The molecule has 3 aromatic rings. The van der Waals surface area contributed by atoms with Crippen molar-refractivity contribution in [3.8, 4) is 11.4 Å². The Morgan fingerprint density at radius 3 is 2.50 bits per heavy atom. The first-order chi connectivity index (χ1) is 12.4. The van der Waals surface area contributed by atoms with Gasteiger partial charge in [0.25, 0.3) is 0 Å². The molecule has 26 heavy (non-hydrogen) atoms. The Balaban J connectivity index is 1.68. The summed E-state index contributed by atoms with van der Waals surface area (Å²) in [4.78, 5) is 0. The fourth-order valence-corrected chi connectivity index (χ4v) is 3.33. The minimum absolute atomic E-state index is 0.446. The van der Waals surface area contributed by atoms with Crippen LogP contribution >= 0.6 is 11.8 Å². The second-order valence-corrected chi connectivity index (χ2v) is 6.68. The quantitative estimate of drug-likeness (QED) is 0.691. The molecule has 4 rings (SSSR count). The van der Waals surface area contributed by atoms with E-state index in [0.29, 0.717) is 22.2 Å². The Hall–Kier alpha value is -2.74. The van der Waals surface area contributed by atoms with Gasteiger partial charge in [0.1, 0.15) is 0 Å². The highest BCUT2D eigenvalue weighted by atomic mass is 32.2. The average molecular weight is 374 g/mol. The zero-order valence-electron chi connectivity index (χ0n) is 13.6. The number of hydrogen-bond donors (Lipinski definition) is 1. The first-order valence-corrected chi connectivity index (χ1v) is 8.64. The molecule has 0 radical (unpaired) electrons. The standard InChI is InChI=1S/C18H13F3N4S/c1-11-5-7-12(8-6-11)16-22-23-17-25(16)24-15(10-26-17)13-3-2-4-14(9-13)18(19,20)21/h2-10,24H,1H3. The van der Waals surface area contributed by atoms with E-state index in [2.05, 4.69) is 15.6 Å². The van der Waals surface area contributed by atoms with E-state index in [9.17, 15) is 13.2 Å². The van der Waals surface area contributed by atoms with Gasteiger partial charge in [-0.15, -0.1) is 10.2 Å². The fraction of sp³-hybridized carbons (Fsp3) is 0.111. The number of rotatable bonds is 2. The van der Waals surface area contributed by atoms with Gasteiger partial charge >= 0.3 is 6.18 Å². The maximum Gasteiger partial charge on any atom is 0.416 e. The summed E-state index contributed by atoms with van der Waals surface area (Å²) in [5, 5.41) is 10.7. The van der Waals surface area contributed by atoms with E-state index in [0.717, 1.165) is 23.3 Å². The van der Waals surface area contributed by atoms with Crippen LogP contribution in [-0.4, -0.2) is 14.9 Å². The summed E-state index contributed by atoms with van der Waals surface area (Å²) in [5.74, 6) is 0.602. The maximum atomic E-state index is 13.0. The lowest BCUT2D eigenvalue weighted by molar-refractivity contribution is -0.137. The predicted octanol–water partition coefficient (Wildman–Crippen LogP) is 4.92. The number of nitrogens with zero attached hydrogens (tertiary/aromatic N) is 3. The highest BCUT2D eigenvalue weighted by molar-refractivity contribution is 8.02. The van der Waals surface area contributed by atoms with E-state index in [-0.39, 0.29) is 0 Å². The van der Waals surface area contributed by atoms with Crippen LogP contribution in [0.4, 0.5) is 13.2 Å². The predicted molar refractivity (Wildman–Crippen MR) is 94.8 cm³/mol. The molecule has 0 saturated carbocycles. The molecule has 0 spiro atoms. The third-order valence-corrected chi connectivity index (χ3v) is 4.79. The SMILES string of the molecule is Cc1ccc(-c2nnc3n2NC(c2cccc(C(F)(F)F)c2)=CS3)cc1. The largest absolute Gasteiger partial charge is 0.416 e. The van der Waals surface area contributed by atoms with Crippen LogP contribution in [-0.2, 0) is 6.18 Å². The zero-order chi connectivity index (χ0) is 18.3. The number of hydrogen-bond acceptors (Lipinski definition) is 4. The highest BCUT2D eigenvalue weighted by Gasteiger charge is 2.31. The molecule has 1 aliphatic heterocycles. The summed E-state index contributed by atoms with van der Waals surface area (Å²) >= 11 is 1.31. The van der Waals surface area contributed by atoms with Gasteiger partial charge in [-0.25, -0.2) is 4.68 Å². The summed E-state index contributed by atoms with van der Waals surface area (Å²) in [6.45, 7) is 1.99. The summed E-state index contributed by atoms with van der Waals surface area (Å²) in [7, 11) is 0. The van der Waals surface area contributed by atoms with Crippen molar-refractivity contribution < 1.29 is 13.2 Å². The van der Waals surface area contributed by atoms with Crippen molar-refractivity contribution in [3.05, 3.63) is 70.6 Å². The van der Waals surface area contributed by atoms with Gasteiger partial charge in [-0.2, -0.15) is 13.2 Å². The summed E-state index contributed by atoms with van der Waals surface area (Å²) in [5.41, 5.74) is 5.43. The smallest absolute Gasteiger partial charge is 0.289 e. The van der Waals surface area contributed by atoms with Gasteiger partial charge in [-0.3, -0.25) is 5.43 Å². The Morgan fingerprint density at radius 2 is 1.77 bits per heavy atom. The number of benzene rings is 2. The number of halogens is 3. The van der Waals surface area contributed by atoms with Crippen LogP contribution in [0.2, 0.25) is 0 Å². The molecule has 0 aliphatic carbocycles. The second kappa shape index (κ2) is 6.21. The van der Waals surface area contributed by atoms with Crippen LogP contribution in [0.5, 0.6) is 0 Å². The molecule has 0 atom stereocenters. The van der Waals surface area contributed by atoms with Crippen LogP contribution in [0.3, 0.4) is 0 Å². The Kier molecular flexibility index (Phi) is 3.99. The van der Waals surface area contributed by atoms with E-state index in [4.69, 9.17) is 0 Å². The molecule has 2 heterocycles. The molecule has 0 saturated heterocycles. The van der Waals surface area contributed by atoms with E-state index >= 15 is 0 Å². The molecule has 1 aliphatic rings. The maximum absolute atomic E-state index is 13.0. The minimum atomic E-state index is -4.38. The number of aryl methyl sites for hydroxylation is 1. The molecule has 1 N–H and O–H groups in total. The topological polar surface area (TPSA) is 42.7 Å². The highest BCUT2D eigenvalue weighted by Crippen LogP contribution is 2.34. The van der Waals surface area contributed by atoms with Crippen LogP contribution in [0.1, 0.15) is 16.7 Å². The molecule has 4 nitrogen and oxygen atoms in total. The van der Waals surface area contributed by atoms with Gasteiger partial charge in [-0.1, -0.05) is 53.7 Å². The van der Waals surface area contributed by atoms with Crippen LogP contribution in [0.25, 0.3) is 17.1 Å². The van der Waals surface area contributed by atoms with Crippen LogP contribution in [0.15, 0.2) is 59.1 Å². The Bertz CT molecular complexity index is 990. The van der Waals surface area contributed by atoms with E-state index in [1.54, 1.807) is 16.2 Å². The normalized spacial score (nSPS) is 13.8. The number of aromatic nitrogens is 3. The van der Waals surface area contributed by atoms with Gasteiger partial charge in [0, 0.05) is 16.5 Å². The van der Waals surface area contributed by atoms with Gasteiger partial charge < -0.3 is 0 Å². The molecule has 8 heteroatoms. The minimum Gasteiger partial charge on any atom is -0.289 e. The molecule has 132 valence electrons. The van der Waals surface area contributed by atoms with Crippen LogP contribution < -0.4 is 5.43 Å². The van der Waals surface area contributed by atoms with E-state index < -0.39 is 11.7 Å². The van der Waals surface area contributed by atoms with Crippen molar-refractivity contribution in [3.63, 3.8) is 0 Å². The molecule has 0 bridgehead atoms. The molecule has 2 aromatic carbocycles. The second-order valence-electron chi connectivity index (χ2n) is 5.85. The third kappa shape index (κ3) is 3.08. The third-order valence-electron chi connectivity index (χ3n) is 3.96.